The van der Waals surface area contributed by atoms with Crippen LogP contribution < -0.4 is 15.1 Å². The predicted molar refractivity (Wildman–Crippen MR) is 113 cm³/mol. The van der Waals surface area contributed by atoms with Crippen molar-refractivity contribution in [2.24, 2.45) is 0 Å². The van der Waals surface area contributed by atoms with Gasteiger partial charge < -0.3 is 14.4 Å². The predicted octanol–water partition coefficient (Wildman–Crippen LogP) is 1.32. The number of alkyl halides is 1. The van der Waals surface area contributed by atoms with Crippen LogP contribution in [0.3, 0.4) is 0 Å². The van der Waals surface area contributed by atoms with Gasteiger partial charge in [-0.25, -0.2) is 13.9 Å². The van der Waals surface area contributed by atoms with Gasteiger partial charge in [0.05, 0.1) is 13.3 Å². The lowest BCUT2D eigenvalue weighted by molar-refractivity contribution is -0.134. The Morgan fingerprint density at radius 1 is 1.13 bits per heavy atom. The zero-order valence-corrected chi connectivity index (χ0v) is 18.3. The Balaban J connectivity index is 1.61. The van der Waals surface area contributed by atoms with Crippen LogP contribution in [0.15, 0.2) is 24.3 Å². The van der Waals surface area contributed by atoms with Gasteiger partial charge in [-0.1, -0.05) is 0 Å². The fourth-order valence-corrected chi connectivity index (χ4v) is 6.08. The zero-order chi connectivity index (χ0) is 22.3. The molecule has 0 spiro atoms. The maximum atomic E-state index is 13.3. The van der Waals surface area contributed by atoms with E-state index in [4.69, 9.17) is 14.7 Å². The molecule has 2 saturated heterocycles. The maximum absolute atomic E-state index is 13.3. The van der Waals surface area contributed by atoms with Crippen molar-refractivity contribution >= 4 is 21.6 Å². The number of benzene rings is 1. The van der Waals surface area contributed by atoms with Crippen LogP contribution in [0.5, 0.6) is 5.75 Å². The molecular weight excluding hydrogens is 429 g/mol. The molecule has 0 bridgehead atoms. The quantitative estimate of drug-likeness (QED) is 0.326. The minimum Gasteiger partial charge on any atom is -0.494 e. The maximum Gasteiger partial charge on any atom is 0.266 e. The van der Waals surface area contributed by atoms with Crippen LogP contribution in [0.1, 0.15) is 25.7 Å². The SMILES string of the molecule is O=C(NO)C1(S(=O)(=O)N2CCN(c3ccc(OCCCCF)cc3)CC2)CCOCC1. The number of nitrogens with zero attached hydrogens (tertiary/aromatic N) is 2. The molecule has 2 aliphatic rings. The average molecular weight is 460 g/mol. The number of carbonyl (C=O) groups is 1. The van der Waals surface area contributed by atoms with Gasteiger partial charge in [0, 0.05) is 57.9 Å². The van der Waals surface area contributed by atoms with E-state index in [0.29, 0.717) is 38.3 Å². The third-order valence-electron chi connectivity index (χ3n) is 5.89. The number of rotatable bonds is 9. The molecule has 1 amide bonds. The van der Waals surface area contributed by atoms with E-state index in [1.807, 2.05) is 24.3 Å². The highest BCUT2D eigenvalue weighted by molar-refractivity contribution is 7.91. The van der Waals surface area contributed by atoms with Gasteiger partial charge in [0.15, 0.2) is 4.75 Å². The molecule has 11 heteroatoms. The number of unbranched alkanes of at least 4 members (excludes halogenated alkanes) is 1. The number of anilines is 1. The zero-order valence-electron chi connectivity index (χ0n) is 17.5. The normalized spacial score (nSPS) is 19.7. The third kappa shape index (κ3) is 5.11. The van der Waals surface area contributed by atoms with Gasteiger partial charge in [-0.15, -0.1) is 0 Å². The summed E-state index contributed by atoms with van der Waals surface area (Å²) < 4.78 is 49.3. The Kier molecular flexibility index (Phi) is 8.09. The smallest absolute Gasteiger partial charge is 0.266 e. The van der Waals surface area contributed by atoms with Gasteiger partial charge >= 0.3 is 0 Å². The summed E-state index contributed by atoms with van der Waals surface area (Å²) in [7, 11) is -3.98. The number of hydroxylamine groups is 1. The van der Waals surface area contributed by atoms with E-state index < -0.39 is 20.7 Å². The molecule has 0 unspecified atom stereocenters. The largest absolute Gasteiger partial charge is 0.494 e. The van der Waals surface area contributed by atoms with Crippen molar-refractivity contribution in [1.82, 2.24) is 9.79 Å². The van der Waals surface area contributed by atoms with E-state index in [2.05, 4.69) is 4.90 Å². The molecule has 9 nitrogen and oxygen atoms in total. The molecule has 0 radical (unpaired) electrons. The van der Waals surface area contributed by atoms with Crippen LogP contribution in [0.2, 0.25) is 0 Å². The molecule has 2 aliphatic heterocycles. The van der Waals surface area contributed by atoms with Crippen LogP contribution in [0.4, 0.5) is 10.1 Å². The fourth-order valence-electron chi connectivity index (χ4n) is 3.98. The highest BCUT2D eigenvalue weighted by Gasteiger charge is 2.54. The van der Waals surface area contributed by atoms with Crippen LogP contribution in [0, 0.1) is 0 Å². The molecule has 3 rings (SSSR count). The number of nitrogens with one attached hydrogen (secondary N) is 1. The van der Waals surface area contributed by atoms with Crippen LogP contribution in [-0.4, -0.2) is 81.3 Å². The number of hydrogen-bond donors (Lipinski definition) is 2. The minimum absolute atomic E-state index is 0.00866. The van der Waals surface area contributed by atoms with Crippen molar-refractivity contribution in [2.75, 3.05) is 57.6 Å². The van der Waals surface area contributed by atoms with Gasteiger partial charge in [0.25, 0.3) is 5.91 Å². The molecule has 0 atom stereocenters. The summed E-state index contributed by atoms with van der Waals surface area (Å²) in [5.74, 6) is -0.194. The van der Waals surface area contributed by atoms with Gasteiger partial charge in [-0.3, -0.25) is 14.4 Å². The standard InChI is InChI=1S/C20H30FN3O6S/c21-9-1-2-14-30-18-5-3-17(4-6-18)23-10-12-24(13-11-23)31(27,28)20(19(25)22-26)7-15-29-16-8-20/h3-6,26H,1-2,7-16H2,(H,22,25). The second kappa shape index (κ2) is 10.6. The number of carbonyl (C=O) groups excluding carboxylic acids is 1. The Labute approximate surface area is 182 Å². The van der Waals surface area contributed by atoms with E-state index in [-0.39, 0.29) is 45.8 Å². The first-order chi connectivity index (χ1) is 14.9. The van der Waals surface area contributed by atoms with Gasteiger partial charge in [0.1, 0.15) is 5.75 Å². The molecule has 1 aromatic rings. The summed E-state index contributed by atoms with van der Waals surface area (Å²) in [4.78, 5) is 14.4. The van der Waals surface area contributed by atoms with Crippen LogP contribution in [-0.2, 0) is 19.6 Å². The number of ether oxygens (including phenoxy) is 2. The third-order valence-corrected chi connectivity index (χ3v) is 8.51. The summed E-state index contributed by atoms with van der Waals surface area (Å²) in [5.41, 5.74) is 2.49. The molecule has 0 aliphatic carbocycles. The van der Waals surface area contributed by atoms with Crippen molar-refractivity contribution < 1.29 is 32.3 Å². The average Bonchev–Trinajstić information content (AvgIpc) is 2.82. The molecule has 2 fully saturated rings. The molecule has 2 N–H and O–H groups in total. The van der Waals surface area contributed by atoms with Crippen molar-refractivity contribution in [1.29, 1.82) is 0 Å². The van der Waals surface area contributed by atoms with Gasteiger partial charge in [-0.05, 0) is 37.1 Å². The number of amides is 1. The topological polar surface area (TPSA) is 108 Å². The summed E-state index contributed by atoms with van der Waals surface area (Å²) in [6, 6.07) is 7.51. The van der Waals surface area contributed by atoms with Crippen molar-refractivity contribution in [3.63, 3.8) is 0 Å². The highest BCUT2D eigenvalue weighted by atomic mass is 32.2. The lowest BCUT2D eigenvalue weighted by Crippen LogP contribution is -2.62. The molecule has 31 heavy (non-hydrogen) atoms. The molecule has 0 saturated carbocycles. The number of piperazine rings is 1. The molecule has 0 aromatic heterocycles. The Bertz CT molecular complexity index is 822. The lowest BCUT2D eigenvalue weighted by atomic mass is 9.98. The van der Waals surface area contributed by atoms with E-state index in [1.54, 1.807) is 5.48 Å². The first kappa shape index (κ1) is 23.7. The Hall–Kier alpha value is -1.95. The monoisotopic (exact) mass is 459 g/mol. The molecular formula is C20H30FN3O6S. The lowest BCUT2D eigenvalue weighted by Gasteiger charge is -2.42. The summed E-state index contributed by atoms with van der Waals surface area (Å²) in [6.45, 7) is 1.85. The number of sulfonamides is 1. The second-order valence-electron chi connectivity index (χ2n) is 7.68. The Morgan fingerprint density at radius 3 is 2.35 bits per heavy atom. The first-order valence-corrected chi connectivity index (χ1v) is 11.9. The van der Waals surface area contributed by atoms with Gasteiger partial charge in [-0.2, -0.15) is 4.31 Å². The molecule has 1 aromatic carbocycles. The van der Waals surface area contributed by atoms with Crippen LogP contribution in [0.25, 0.3) is 0 Å². The minimum atomic E-state index is -3.98. The van der Waals surface area contributed by atoms with E-state index >= 15 is 0 Å². The highest BCUT2D eigenvalue weighted by Crippen LogP contribution is 2.34. The first-order valence-electron chi connectivity index (χ1n) is 10.5. The number of halogens is 1. The molecule has 2 heterocycles. The number of hydrogen-bond acceptors (Lipinski definition) is 7. The van der Waals surface area contributed by atoms with Crippen molar-refractivity contribution in [3.8, 4) is 5.75 Å². The second-order valence-corrected chi connectivity index (χ2v) is 9.93. The van der Waals surface area contributed by atoms with Crippen LogP contribution >= 0.6 is 0 Å². The van der Waals surface area contributed by atoms with Crippen molar-refractivity contribution in [2.45, 2.75) is 30.4 Å². The Morgan fingerprint density at radius 2 is 1.77 bits per heavy atom. The summed E-state index contributed by atoms with van der Waals surface area (Å²) in [6.07, 6.45) is 1.17. The van der Waals surface area contributed by atoms with Crippen molar-refractivity contribution in [3.05, 3.63) is 24.3 Å². The summed E-state index contributed by atoms with van der Waals surface area (Å²) in [5, 5.41) is 9.15. The molecule has 174 valence electrons. The van der Waals surface area contributed by atoms with E-state index in [9.17, 15) is 17.6 Å². The van der Waals surface area contributed by atoms with E-state index in [0.717, 1.165) is 5.69 Å². The fraction of sp³-hybridized carbons (Fsp3) is 0.650. The van der Waals surface area contributed by atoms with E-state index in [1.165, 1.54) is 4.31 Å². The summed E-state index contributed by atoms with van der Waals surface area (Å²) >= 11 is 0. The van der Waals surface area contributed by atoms with Gasteiger partial charge in [0.2, 0.25) is 10.0 Å².